The highest BCUT2D eigenvalue weighted by molar-refractivity contribution is 5.79. The summed E-state index contributed by atoms with van der Waals surface area (Å²) in [6.07, 6.45) is 1.39. The van der Waals surface area contributed by atoms with Crippen molar-refractivity contribution in [3.63, 3.8) is 0 Å². The van der Waals surface area contributed by atoms with Crippen LogP contribution in [-0.4, -0.2) is 37.1 Å². The Labute approximate surface area is 155 Å². The molecule has 26 heavy (non-hydrogen) atoms. The van der Waals surface area contributed by atoms with E-state index in [0.29, 0.717) is 32.7 Å². The Kier molecular flexibility index (Phi) is 6.29. The Morgan fingerprint density at radius 1 is 1.08 bits per heavy atom. The molecule has 1 unspecified atom stereocenters. The van der Waals surface area contributed by atoms with Crippen LogP contribution in [0.25, 0.3) is 0 Å². The van der Waals surface area contributed by atoms with Gasteiger partial charge in [0, 0.05) is 6.54 Å². The van der Waals surface area contributed by atoms with E-state index in [1.165, 1.54) is 5.56 Å². The molecule has 4 heteroatoms. The molecule has 4 nitrogen and oxygen atoms in total. The molecule has 0 spiro atoms. The number of carbonyl (C=O) groups excluding carboxylic acids is 1. The van der Waals surface area contributed by atoms with Crippen LogP contribution >= 0.6 is 0 Å². The average Bonchev–Trinajstić information content (AvgIpc) is 2.70. The quantitative estimate of drug-likeness (QED) is 0.793. The van der Waals surface area contributed by atoms with E-state index < -0.39 is 0 Å². The van der Waals surface area contributed by atoms with Crippen molar-refractivity contribution in [3.8, 4) is 5.75 Å². The Morgan fingerprint density at radius 2 is 1.77 bits per heavy atom. The van der Waals surface area contributed by atoms with Crippen LogP contribution in [0.1, 0.15) is 36.6 Å². The van der Waals surface area contributed by atoms with Crippen molar-refractivity contribution in [2.24, 2.45) is 0 Å². The van der Waals surface area contributed by atoms with E-state index in [4.69, 9.17) is 9.47 Å². The molecule has 2 aromatic carbocycles. The second kappa shape index (κ2) is 8.86. The summed E-state index contributed by atoms with van der Waals surface area (Å²) < 4.78 is 11.4. The maximum absolute atomic E-state index is 12.7. The number of benzene rings is 2. The number of hydrogen-bond acceptors (Lipinski definition) is 3. The molecule has 0 aliphatic carbocycles. The fraction of sp³-hybridized carbons (Fsp3) is 0.409. The van der Waals surface area contributed by atoms with Crippen LogP contribution in [-0.2, 0) is 22.4 Å². The van der Waals surface area contributed by atoms with Crippen molar-refractivity contribution < 1.29 is 14.3 Å². The van der Waals surface area contributed by atoms with Crippen LogP contribution < -0.4 is 4.74 Å². The van der Waals surface area contributed by atoms with Gasteiger partial charge in [0.2, 0.25) is 5.91 Å². The summed E-state index contributed by atoms with van der Waals surface area (Å²) in [5.41, 5.74) is 3.46. The van der Waals surface area contributed by atoms with Crippen LogP contribution in [0, 0.1) is 0 Å². The SMILES string of the molecule is CCOc1ccc(CC(=O)N2CCOC(c3ccc(CC)cc3)C2)cc1. The van der Waals surface area contributed by atoms with Crippen LogP contribution in [0.3, 0.4) is 0 Å². The van der Waals surface area contributed by atoms with Gasteiger partial charge in [-0.05, 0) is 42.2 Å². The Balaban J connectivity index is 1.60. The lowest BCUT2D eigenvalue weighted by molar-refractivity contribution is -0.138. The van der Waals surface area contributed by atoms with Gasteiger partial charge in [-0.1, -0.05) is 43.3 Å². The number of aryl methyl sites for hydroxylation is 1. The minimum absolute atomic E-state index is 0.0427. The summed E-state index contributed by atoms with van der Waals surface area (Å²) in [5.74, 6) is 0.985. The first-order chi connectivity index (χ1) is 12.7. The number of nitrogens with zero attached hydrogens (tertiary/aromatic N) is 1. The van der Waals surface area contributed by atoms with Gasteiger partial charge in [0.15, 0.2) is 0 Å². The zero-order valence-corrected chi connectivity index (χ0v) is 15.6. The monoisotopic (exact) mass is 353 g/mol. The lowest BCUT2D eigenvalue weighted by atomic mass is 10.0. The van der Waals surface area contributed by atoms with Crippen LogP contribution in [0.2, 0.25) is 0 Å². The summed E-state index contributed by atoms with van der Waals surface area (Å²) in [4.78, 5) is 14.6. The van der Waals surface area contributed by atoms with E-state index in [1.54, 1.807) is 0 Å². The zero-order chi connectivity index (χ0) is 18.4. The fourth-order valence-electron chi connectivity index (χ4n) is 3.20. The van der Waals surface area contributed by atoms with Gasteiger partial charge in [-0.25, -0.2) is 0 Å². The molecule has 1 heterocycles. The molecule has 3 rings (SSSR count). The van der Waals surface area contributed by atoms with E-state index in [1.807, 2.05) is 36.1 Å². The number of rotatable bonds is 6. The summed E-state index contributed by atoms with van der Waals surface area (Å²) in [6, 6.07) is 16.3. The third-order valence-corrected chi connectivity index (χ3v) is 4.77. The number of amides is 1. The molecule has 1 aliphatic heterocycles. The molecule has 1 aliphatic rings. The first kappa shape index (κ1) is 18.5. The average molecular weight is 353 g/mol. The smallest absolute Gasteiger partial charge is 0.227 e. The zero-order valence-electron chi connectivity index (χ0n) is 15.6. The minimum atomic E-state index is -0.0427. The maximum atomic E-state index is 12.7. The number of carbonyl (C=O) groups is 1. The standard InChI is InChI=1S/C22H27NO3/c1-3-17-5-9-19(10-6-17)21-16-23(13-14-26-21)22(24)15-18-7-11-20(12-8-18)25-4-2/h5-12,21H,3-4,13-16H2,1-2H3. The summed E-state index contributed by atoms with van der Waals surface area (Å²) >= 11 is 0. The molecule has 0 N–H and O–H groups in total. The van der Waals surface area contributed by atoms with Gasteiger partial charge >= 0.3 is 0 Å². The van der Waals surface area contributed by atoms with Crippen LogP contribution in [0.4, 0.5) is 0 Å². The molecule has 0 aromatic heterocycles. The van der Waals surface area contributed by atoms with Gasteiger partial charge in [0.05, 0.1) is 26.2 Å². The normalized spacial score (nSPS) is 17.2. The topological polar surface area (TPSA) is 38.8 Å². The molecular weight excluding hydrogens is 326 g/mol. The lowest BCUT2D eigenvalue weighted by Crippen LogP contribution is -2.42. The summed E-state index contributed by atoms with van der Waals surface area (Å²) in [6.45, 7) is 6.60. The third-order valence-electron chi connectivity index (χ3n) is 4.77. The van der Waals surface area contributed by atoms with Gasteiger partial charge in [-0.2, -0.15) is 0 Å². The van der Waals surface area contributed by atoms with Crippen molar-refractivity contribution in [2.75, 3.05) is 26.3 Å². The van der Waals surface area contributed by atoms with Crippen LogP contribution in [0.15, 0.2) is 48.5 Å². The fourth-order valence-corrected chi connectivity index (χ4v) is 3.20. The summed E-state index contributed by atoms with van der Waals surface area (Å²) in [5, 5.41) is 0. The third kappa shape index (κ3) is 4.64. The van der Waals surface area contributed by atoms with Crippen molar-refractivity contribution in [1.29, 1.82) is 0 Å². The number of ether oxygens (including phenoxy) is 2. The van der Waals surface area contributed by atoms with Crippen molar-refractivity contribution in [3.05, 3.63) is 65.2 Å². The first-order valence-corrected chi connectivity index (χ1v) is 9.39. The van der Waals surface area contributed by atoms with E-state index in [-0.39, 0.29) is 12.0 Å². The molecular formula is C22H27NO3. The summed E-state index contributed by atoms with van der Waals surface area (Å²) in [7, 11) is 0. The number of hydrogen-bond donors (Lipinski definition) is 0. The molecule has 2 aromatic rings. The molecule has 1 atom stereocenters. The Morgan fingerprint density at radius 3 is 2.42 bits per heavy atom. The van der Waals surface area contributed by atoms with Crippen molar-refractivity contribution in [1.82, 2.24) is 4.90 Å². The molecule has 0 saturated carbocycles. The minimum Gasteiger partial charge on any atom is -0.494 e. The molecule has 1 fully saturated rings. The van der Waals surface area contributed by atoms with Crippen molar-refractivity contribution in [2.45, 2.75) is 32.8 Å². The molecule has 138 valence electrons. The maximum Gasteiger partial charge on any atom is 0.227 e. The second-order valence-corrected chi connectivity index (χ2v) is 6.55. The van der Waals surface area contributed by atoms with E-state index >= 15 is 0 Å². The van der Waals surface area contributed by atoms with Crippen molar-refractivity contribution >= 4 is 5.91 Å². The first-order valence-electron chi connectivity index (χ1n) is 9.39. The molecule has 0 bridgehead atoms. The second-order valence-electron chi connectivity index (χ2n) is 6.55. The van der Waals surface area contributed by atoms with Gasteiger partial charge in [0.1, 0.15) is 11.9 Å². The highest BCUT2D eigenvalue weighted by atomic mass is 16.5. The van der Waals surface area contributed by atoms with Crippen LogP contribution in [0.5, 0.6) is 5.75 Å². The van der Waals surface area contributed by atoms with Gasteiger partial charge < -0.3 is 14.4 Å². The van der Waals surface area contributed by atoms with E-state index in [0.717, 1.165) is 23.3 Å². The van der Waals surface area contributed by atoms with E-state index in [9.17, 15) is 4.79 Å². The number of morpholine rings is 1. The predicted octanol–water partition coefficient (Wildman–Crippen LogP) is 3.79. The Bertz CT molecular complexity index is 709. The molecule has 1 saturated heterocycles. The Hall–Kier alpha value is -2.33. The molecule has 1 amide bonds. The molecule has 0 radical (unpaired) electrons. The largest absolute Gasteiger partial charge is 0.494 e. The van der Waals surface area contributed by atoms with Gasteiger partial charge in [0.25, 0.3) is 0 Å². The highest BCUT2D eigenvalue weighted by Gasteiger charge is 2.25. The highest BCUT2D eigenvalue weighted by Crippen LogP contribution is 2.23. The lowest BCUT2D eigenvalue weighted by Gasteiger charge is -2.33. The predicted molar refractivity (Wildman–Crippen MR) is 102 cm³/mol. The van der Waals surface area contributed by atoms with E-state index in [2.05, 4.69) is 31.2 Å². The van der Waals surface area contributed by atoms with Gasteiger partial charge in [-0.15, -0.1) is 0 Å². The van der Waals surface area contributed by atoms with Gasteiger partial charge in [-0.3, -0.25) is 4.79 Å².